The second-order valence-electron chi connectivity index (χ2n) is 3.15. The number of hydrogen-bond donors (Lipinski definition) is 4. The fraction of sp³-hybridized carbons (Fsp3) is 1.00. The van der Waals surface area contributed by atoms with Crippen molar-refractivity contribution >= 4 is 0 Å². The van der Waals surface area contributed by atoms with Crippen LogP contribution in [0.4, 0.5) is 0 Å². The van der Waals surface area contributed by atoms with Crippen molar-refractivity contribution in [3.63, 3.8) is 0 Å². The van der Waals surface area contributed by atoms with Crippen LogP contribution < -0.4 is 0 Å². The smallest absolute Gasteiger partial charge is 0.186 e. The average molecular weight is 208 g/mol. The molecule has 1 aliphatic rings. The van der Waals surface area contributed by atoms with Crippen molar-refractivity contribution < 1.29 is 29.9 Å². The van der Waals surface area contributed by atoms with E-state index >= 15 is 0 Å². The van der Waals surface area contributed by atoms with Crippen LogP contribution in [0.5, 0.6) is 0 Å². The third-order valence-electron chi connectivity index (χ3n) is 2.18. The first-order valence-corrected chi connectivity index (χ1v) is 4.54. The highest BCUT2D eigenvalue weighted by atomic mass is 16.7. The first-order valence-electron chi connectivity index (χ1n) is 4.54. The van der Waals surface area contributed by atoms with E-state index in [2.05, 4.69) is 0 Å². The maximum absolute atomic E-state index is 9.41. The lowest BCUT2D eigenvalue weighted by Crippen LogP contribution is -2.59. The molecule has 84 valence electrons. The van der Waals surface area contributed by atoms with Gasteiger partial charge in [-0.25, -0.2) is 0 Å². The van der Waals surface area contributed by atoms with E-state index in [1.807, 2.05) is 0 Å². The Morgan fingerprint density at radius 3 is 2.29 bits per heavy atom. The van der Waals surface area contributed by atoms with Gasteiger partial charge in [0.15, 0.2) is 6.29 Å². The van der Waals surface area contributed by atoms with Crippen molar-refractivity contribution in [2.24, 2.45) is 0 Å². The Kier molecular flexibility index (Phi) is 4.24. The molecule has 0 saturated carbocycles. The summed E-state index contributed by atoms with van der Waals surface area (Å²) in [6, 6.07) is 0. The van der Waals surface area contributed by atoms with Gasteiger partial charge in [-0.1, -0.05) is 0 Å². The van der Waals surface area contributed by atoms with Crippen LogP contribution in [0, 0.1) is 0 Å². The van der Waals surface area contributed by atoms with Gasteiger partial charge < -0.3 is 29.9 Å². The Labute approximate surface area is 81.7 Å². The van der Waals surface area contributed by atoms with Crippen LogP contribution >= 0.6 is 0 Å². The fourth-order valence-corrected chi connectivity index (χ4v) is 1.37. The van der Waals surface area contributed by atoms with E-state index in [1.165, 1.54) is 0 Å². The summed E-state index contributed by atoms with van der Waals surface area (Å²) >= 11 is 0. The van der Waals surface area contributed by atoms with Crippen molar-refractivity contribution in [2.75, 3.05) is 13.2 Å². The van der Waals surface area contributed by atoms with E-state index in [0.29, 0.717) is 6.61 Å². The van der Waals surface area contributed by atoms with Crippen LogP contribution in [0.1, 0.15) is 6.92 Å². The van der Waals surface area contributed by atoms with Crippen LogP contribution in [0.2, 0.25) is 0 Å². The van der Waals surface area contributed by atoms with Crippen molar-refractivity contribution in [1.29, 1.82) is 0 Å². The van der Waals surface area contributed by atoms with Crippen molar-refractivity contribution in [2.45, 2.75) is 37.6 Å². The maximum Gasteiger partial charge on any atom is 0.186 e. The SMILES string of the molecule is CCO[C@@H]1O[C@@H](CO)[C@@H](O)[C@@H](O)[C@@H]1O. The Morgan fingerprint density at radius 1 is 1.14 bits per heavy atom. The average Bonchev–Trinajstić information content (AvgIpc) is 2.19. The summed E-state index contributed by atoms with van der Waals surface area (Å²) in [5.41, 5.74) is 0. The molecule has 0 unspecified atom stereocenters. The van der Waals surface area contributed by atoms with Gasteiger partial charge in [0.1, 0.15) is 24.4 Å². The molecular weight excluding hydrogens is 192 g/mol. The van der Waals surface area contributed by atoms with Gasteiger partial charge in [0.2, 0.25) is 0 Å². The third-order valence-corrected chi connectivity index (χ3v) is 2.18. The molecule has 6 heteroatoms. The predicted octanol–water partition coefficient (Wildman–Crippen LogP) is -2.18. The summed E-state index contributed by atoms with van der Waals surface area (Å²) in [7, 11) is 0. The fourth-order valence-electron chi connectivity index (χ4n) is 1.37. The van der Waals surface area contributed by atoms with Crippen molar-refractivity contribution in [3.8, 4) is 0 Å². The monoisotopic (exact) mass is 208 g/mol. The first-order chi connectivity index (χ1) is 6.61. The van der Waals surface area contributed by atoms with Crippen molar-refractivity contribution in [3.05, 3.63) is 0 Å². The zero-order valence-corrected chi connectivity index (χ0v) is 7.91. The summed E-state index contributed by atoms with van der Waals surface area (Å²) < 4.78 is 10.0. The molecule has 0 amide bonds. The topological polar surface area (TPSA) is 99.4 Å². The molecule has 0 aromatic heterocycles. The van der Waals surface area contributed by atoms with Gasteiger partial charge >= 0.3 is 0 Å². The van der Waals surface area contributed by atoms with E-state index in [4.69, 9.17) is 14.6 Å². The molecule has 0 aromatic carbocycles. The second-order valence-corrected chi connectivity index (χ2v) is 3.15. The van der Waals surface area contributed by atoms with Gasteiger partial charge in [0.05, 0.1) is 6.61 Å². The van der Waals surface area contributed by atoms with E-state index in [-0.39, 0.29) is 0 Å². The third kappa shape index (κ3) is 2.22. The van der Waals surface area contributed by atoms with Crippen LogP contribution in [-0.2, 0) is 9.47 Å². The lowest BCUT2D eigenvalue weighted by Gasteiger charge is -2.39. The summed E-state index contributed by atoms with van der Waals surface area (Å²) in [5, 5.41) is 36.9. The second kappa shape index (κ2) is 5.01. The Balaban J connectivity index is 2.63. The normalized spacial score (nSPS) is 43.9. The van der Waals surface area contributed by atoms with Gasteiger partial charge in [-0.3, -0.25) is 0 Å². The van der Waals surface area contributed by atoms with Gasteiger partial charge in [0, 0.05) is 6.61 Å². The number of hydrogen-bond acceptors (Lipinski definition) is 6. The molecule has 1 aliphatic heterocycles. The molecule has 1 heterocycles. The zero-order valence-electron chi connectivity index (χ0n) is 7.91. The van der Waals surface area contributed by atoms with Crippen molar-refractivity contribution in [1.82, 2.24) is 0 Å². The van der Waals surface area contributed by atoms with Crippen LogP contribution in [-0.4, -0.2) is 64.3 Å². The molecule has 1 rings (SSSR count). The van der Waals surface area contributed by atoms with E-state index < -0.39 is 37.3 Å². The molecule has 1 saturated heterocycles. The van der Waals surface area contributed by atoms with E-state index in [1.54, 1.807) is 6.92 Å². The molecule has 0 spiro atoms. The van der Waals surface area contributed by atoms with Gasteiger partial charge in [-0.2, -0.15) is 0 Å². The quantitative estimate of drug-likeness (QED) is 0.421. The largest absolute Gasteiger partial charge is 0.394 e. The molecular formula is C8H16O6. The maximum atomic E-state index is 9.41. The Hall–Kier alpha value is -0.240. The summed E-state index contributed by atoms with van der Waals surface area (Å²) in [6.07, 6.45) is -5.89. The highest BCUT2D eigenvalue weighted by Gasteiger charge is 2.43. The summed E-state index contributed by atoms with van der Waals surface area (Å²) in [4.78, 5) is 0. The predicted molar refractivity (Wildman–Crippen MR) is 45.4 cm³/mol. The first kappa shape index (κ1) is 11.8. The highest BCUT2D eigenvalue weighted by molar-refractivity contribution is 4.88. The lowest BCUT2D eigenvalue weighted by molar-refractivity contribution is -0.300. The van der Waals surface area contributed by atoms with Crippen LogP contribution in [0.15, 0.2) is 0 Å². The minimum Gasteiger partial charge on any atom is -0.394 e. The number of rotatable bonds is 3. The van der Waals surface area contributed by atoms with E-state index in [0.717, 1.165) is 0 Å². The summed E-state index contributed by atoms with van der Waals surface area (Å²) in [5.74, 6) is 0. The molecule has 5 atom stereocenters. The molecule has 0 bridgehead atoms. The minimum atomic E-state index is -1.36. The van der Waals surface area contributed by atoms with E-state index in [9.17, 15) is 15.3 Å². The molecule has 1 fully saturated rings. The summed E-state index contributed by atoms with van der Waals surface area (Å²) in [6.45, 7) is 1.58. The zero-order chi connectivity index (χ0) is 10.7. The molecule has 0 aromatic rings. The van der Waals surface area contributed by atoms with Gasteiger partial charge in [-0.15, -0.1) is 0 Å². The van der Waals surface area contributed by atoms with Crippen LogP contribution in [0.3, 0.4) is 0 Å². The molecule has 14 heavy (non-hydrogen) atoms. The molecule has 4 N–H and O–H groups in total. The molecule has 0 aliphatic carbocycles. The lowest BCUT2D eigenvalue weighted by atomic mass is 9.99. The highest BCUT2D eigenvalue weighted by Crippen LogP contribution is 2.21. The van der Waals surface area contributed by atoms with Crippen LogP contribution in [0.25, 0.3) is 0 Å². The Morgan fingerprint density at radius 2 is 1.79 bits per heavy atom. The number of aliphatic hydroxyl groups is 4. The van der Waals surface area contributed by atoms with Gasteiger partial charge in [0.25, 0.3) is 0 Å². The minimum absolute atomic E-state index is 0.308. The van der Waals surface area contributed by atoms with Gasteiger partial charge in [-0.05, 0) is 6.92 Å². The number of ether oxygens (including phenoxy) is 2. The Bertz CT molecular complexity index is 171. The molecule has 6 nitrogen and oxygen atoms in total. The number of aliphatic hydroxyl groups excluding tert-OH is 4. The molecule has 0 radical (unpaired) electrons. The standard InChI is InChI=1S/C8H16O6/c1-2-13-8-7(12)6(11)5(10)4(3-9)14-8/h4-12H,2-3H2,1H3/t4-,5+,6+,7-,8+/m0/s1.